The second-order valence-electron chi connectivity index (χ2n) is 4.61. The first kappa shape index (κ1) is 13.7. The Labute approximate surface area is 114 Å². The van der Waals surface area contributed by atoms with Crippen molar-refractivity contribution >= 4 is 11.7 Å². The fourth-order valence-corrected chi connectivity index (χ4v) is 1.84. The Hall–Kier alpha value is -2.70. The predicted molar refractivity (Wildman–Crippen MR) is 71.3 cm³/mol. The number of aromatic carboxylic acids is 1. The van der Waals surface area contributed by atoms with Crippen molar-refractivity contribution < 1.29 is 14.8 Å². The average molecular weight is 275 g/mol. The molecule has 7 nitrogen and oxygen atoms in total. The minimum Gasteiger partial charge on any atom is -0.478 e. The third-order valence-electron chi connectivity index (χ3n) is 2.85. The van der Waals surface area contributed by atoms with E-state index in [1.54, 1.807) is 0 Å². The molecule has 2 aromatic rings. The van der Waals surface area contributed by atoms with Gasteiger partial charge in [0.15, 0.2) is 0 Å². The minimum atomic E-state index is -1.04. The first-order valence-corrected chi connectivity index (χ1v) is 5.98. The molecule has 1 heterocycles. The molecule has 0 aliphatic rings. The molecule has 1 aromatic carbocycles. The Morgan fingerprint density at radius 1 is 1.35 bits per heavy atom. The number of carbonyl (C=O) groups is 1. The average Bonchev–Trinajstić information content (AvgIpc) is 2.84. The van der Waals surface area contributed by atoms with E-state index in [9.17, 15) is 14.9 Å². The fraction of sp³-hybridized carbons (Fsp3) is 0.231. The van der Waals surface area contributed by atoms with Crippen LogP contribution in [-0.4, -0.2) is 25.8 Å². The van der Waals surface area contributed by atoms with Crippen LogP contribution in [0, 0.1) is 10.1 Å². The number of nitro benzene ring substituents is 1. The maximum absolute atomic E-state index is 11.2. The number of hydrogen-bond acceptors (Lipinski definition) is 4. The zero-order valence-corrected chi connectivity index (χ0v) is 11.0. The van der Waals surface area contributed by atoms with Gasteiger partial charge in [-0.2, -0.15) is 5.10 Å². The molecule has 0 unspecified atom stereocenters. The quantitative estimate of drug-likeness (QED) is 0.683. The van der Waals surface area contributed by atoms with E-state index >= 15 is 0 Å². The maximum atomic E-state index is 11.2. The molecular weight excluding hydrogens is 262 g/mol. The number of hydrogen-bond donors (Lipinski definition) is 1. The summed E-state index contributed by atoms with van der Waals surface area (Å²) in [4.78, 5) is 21.3. The van der Waals surface area contributed by atoms with Gasteiger partial charge in [-0.1, -0.05) is 13.8 Å². The van der Waals surface area contributed by atoms with Crippen molar-refractivity contribution in [3.8, 4) is 5.69 Å². The van der Waals surface area contributed by atoms with Crippen LogP contribution in [0.3, 0.4) is 0 Å². The summed E-state index contributed by atoms with van der Waals surface area (Å²) >= 11 is 0. The van der Waals surface area contributed by atoms with Crippen molar-refractivity contribution in [3.05, 3.63) is 51.8 Å². The Morgan fingerprint density at radius 3 is 2.35 bits per heavy atom. The Kier molecular flexibility index (Phi) is 3.51. The summed E-state index contributed by atoms with van der Waals surface area (Å²) in [6.07, 6.45) is 1.42. The molecular formula is C13H13N3O4. The summed E-state index contributed by atoms with van der Waals surface area (Å²) < 4.78 is 1.42. The third-order valence-corrected chi connectivity index (χ3v) is 2.85. The SMILES string of the molecule is CC(C)c1nn(-c2ccc([N+](=O)[O-])cc2)cc1C(=O)O. The highest BCUT2D eigenvalue weighted by Crippen LogP contribution is 2.21. The van der Waals surface area contributed by atoms with E-state index < -0.39 is 10.9 Å². The zero-order chi connectivity index (χ0) is 14.9. The standard InChI is InChI=1S/C13H13N3O4/c1-8(2)12-11(13(17)18)7-15(14-12)9-3-5-10(6-4-9)16(19)20/h3-8H,1-2H3,(H,17,18). The molecule has 20 heavy (non-hydrogen) atoms. The second kappa shape index (κ2) is 5.12. The van der Waals surface area contributed by atoms with Crippen LogP contribution in [0.5, 0.6) is 0 Å². The van der Waals surface area contributed by atoms with E-state index in [4.69, 9.17) is 5.11 Å². The summed E-state index contributed by atoms with van der Waals surface area (Å²) in [6.45, 7) is 3.71. The van der Waals surface area contributed by atoms with Crippen LogP contribution < -0.4 is 0 Å². The summed E-state index contributed by atoms with van der Waals surface area (Å²) in [5, 5.41) is 24.0. The number of carboxylic acid groups (broad SMARTS) is 1. The van der Waals surface area contributed by atoms with Gasteiger partial charge in [0.1, 0.15) is 5.56 Å². The van der Waals surface area contributed by atoms with Gasteiger partial charge in [0, 0.05) is 18.3 Å². The molecule has 0 saturated carbocycles. The highest BCUT2D eigenvalue weighted by molar-refractivity contribution is 5.89. The van der Waals surface area contributed by atoms with Crippen LogP contribution in [0.2, 0.25) is 0 Å². The number of non-ortho nitro benzene ring substituents is 1. The minimum absolute atomic E-state index is 0.0246. The predicted octanol–water partition coefficient (Wildman–Crippen LogP) is 2.60. The highest BCUT2D eigenvalue weighted by atomic mass is 16.6. The molecule has 0 aliphatic carbocycles. The van der Waals surface area contributed by atoms with Gasteiger partial charge in [-0.05, 0) is 18.1 Å². The first-order valence-electron chi connectivity index (χ1n) is 5.98. The van der Waals surface area contributed by atoms with Crippen molar-refractivity contribution in [1.82, 2.24) is 9.78 Å². The van der Waals surface area contributed by atoms with Gasteiger partial charge in [-0.3, -0.25) is 10.1 Å². The van der Waals surface area contributed by atoms with Crippen LogP contribution in [0.15, 0.2) is 30.5 Å². The molecule has 0 atom stereocenters. The summed E-state index contributed by atoms with van der Waals surface area (Å²) in [7, 11) is 0. The van der Waals surface area contributed by atoms with Crippen LogP contribution in [0.25, 0.3) is 5.69 Å². The normalized spacial score (nSPS) is 10.8. The number of rotatable bonds is 4. The topological polar surface area (TPSA) is 98.3 Å². The smallest absolute Gasteiger partial charge is 0.339 e. The van der Waals surface area contributed by atoms with Gasteiger partial charge in [0.25, 0.3) is 5.69 Å². The molecule has 0 bridgehead atoms. The lowest BCUT2D eigenvalue weighted by molar-refractivity contribution is -0.384. The number of benzene rings is 1. The van der Waals surface area contributed by atoms with Crippen molar-refractivity contribution in [3.63, 3.8) is 0 Å². The van der Waals surface area contributed by atoms with Gasteiger partial charge in [-0.25, -0.2) is 9.48 Å². The maximum Gasteiger partial charge on any atom is 0.339 e. The number of aromatic nitrogens is 2. The molecule has 0 aliphatic heterocycles. The molecule has 2 rings (SSSR count). The largest absolute Gasteiger partial charge is 0.478 e. The molecule has 0 spiro atoms. The summed E-state index contributed by atoms with van der Waals surface area (Å²) in [6, 6.07) is 5.76. The molecule has 0 fully saturated rings. The molecule has 0 radical (unpaired) electrons. The van der Waals surface area contributed by atoms with Crippen LogP contribution in [0.4, 0.5) is 5.69 Å². The van der Waals surface area contributed by atoms with E-state index in [0.29, 0.717) is 11.4 Å². The first-order chi connectivity index (χ1) is 9.40. The Balaban J connectivity index is 2.45. The van der Waals surface area contributed by atoms with E-state index in [2.05, 4.69) is 5.10 Å². The lowest BCUT2D eigenvalue weighted by Gasteiger charge is -2.02. The molecule has 104 valence electrons. The third kappa shape index (κ3) is 2.51. The van der Waals surface area contributed by atoms with Gasteiger partial charge in [-0.15, -0.1) is 0 Å². The van der Waals surface area contributed by atoms with E-state index in [0.717, 1.165) is 0 Å². The molecule has 0 amide bonds. The Morgan fingerprint density at radius 2 is 1.95 bits per heavy atom. The Bertz CT molecular complexity index is 659. The van der Waals surface area contributed by atoms with Crippen molar-refractivity contribution in [2.45, 2.75) is 19.8 Å². The number of nitro groups is 1. The molecule has 1 aromatic heterocycles. The van der Waals surface area contributed by atoms with Gasteiger partial charge in [0.05, 0.1) is 16.3 Å². The van der Waals surface area contributed by atoms with Crippen LogP contribution in [0.1, 0.15) is 35.8 Å². The van der Waals surface area contributed by atoms with E-state index in [-0.39, 0.29) is 17.2 Å². The lowest BCUT2D eigenvalue weighted by atomic mass is 10.1. The molecule has 7 heteroatoms. The van der Waals surface area contributed by atoms with E-state index in [1.807, 2.05) is 13.8 Å². The molecule has 1 N–H and O–H groups in total. The highest BCUT2D eigenvalue weighted by Gasteiger charge is 2.18. The lowest BCUT2D eigenvalue weighted by Crippen LogP contribution is -2.01. The summed E-state index contributed by atoms with van der Waals surface area (Å²) in [5.41, 5.74) is 1.17. The van der Waals surface area contributed by atoms with Gasteiger partial charge >= 0.3 is 5.97 Å². The van der Waals surface area contributed by atoms with Gasteiger partial charge < -0.3 is 5.11 Å². The second-order valence-corrected chi connectivity index (χ2v) is 4.61. The van der Waals surface area contributed by atoms with Crippen molar-refractivity contribution in [2.24, 2.45) is 0 Å². The van der Waals surface area contributed by atoms with Crippen LogP contribution in [-0.2, 0) is 0 Å². The van der Waals surface area contributed by atoms with E-state index in [1.165, 1.54) is 35.1 Å². The fourth-order valence-electron chi connectivity index (χ4n) is 1.84. The number of nitrogens with zero attached hydrogens (tertiary/aromatic N) is 3. The van der Waals surface area contributed by atoms with Crippen molar-refractivity contribution in [1.29, 1.82) is 0 Å². The zero-order valence-electron chi connectivity index (χ0n) is 11.0. The number of carboxylic acids is 1. The molecule has 0 saturated heterocycles. The van der Waals surface area contributed by atoms with Crippen molar-refractivity contribution in [2.75, 3.05) is 0 Å². The summed E-state index contributed by atoms with van der Waals surface area (Å²) in [5.74, 6) is -1.07. The van der Waals surface area contributed by atoms with Crippen LogP contribution >= 0.6 is 0 Å². The monoisotopic (exact) mass is 275 g/mol. The van der Waals surface area contributed by atoms with Gasteiger partial charge in [0.2, 0.25) is 0 Å².